The Kier molecular flexibility index (Phi) is 9.36. The van der Waals surface area contributed by atoms with Crippen molar-refractivity contribution in [2.45, 2.75) is 123 Å². The second-order valence-corrected chi connectivity index (χ2v) is 13.0. The van der Waals surface area contributed by atoms with Crippen LogP contribution in [0.1, 0.15) is 111 Å². The lowest BCUT2D eigenvalue weighted by Crippen LogP contribution is -2.42. The van der Waals surface area contributed by atoms with Crippen molar-refractivity contribution < 1.29 is 28.1 Å². The van der Waals surface area contributed by atoms with Crippen LogP contribution in [0.15, 0.2) is 12.1 Å². The number of ether oxygens (including phenoxy) is 3. The van der Waals surface area contributed by atoms with Gasteiger partial charge in [0.25, 0.3) is 0 Å². The Bertz CT molecular complexity index is 804. The maximum absolute atomic E-state index is 15.4. The summed E-state index contributed by atoms with van der Waals surface area (Å²) in [7, 11) is 0. The first-order valence-electron chi connectivity index (χ1n) is 13.9. The van der Waals surface area contributed by atoms with Gasteiger partial charge in [0.2, 0.25) is 0 Å². The first-order valence-corrected chi connectivity index (χ1v) is 13.9. The molecule has 1 aliphatic carbocycles. The minimum Gasteiger partial charge on any atom is -0.507 e. The molecule has 0 unspecified atom stereocenters. The Balaban J connectivity index is 1.61. The first-order chi connectivity index (χ1) is 16.7. The molecule has 1 saturated carbocycles. The monoisotopic (exact) mass is 510 g/mol. The summed E-state index contributed by atoms with van der Waals surface area (Å²) in [5, 5.41) is 10.9. The lowest BCUT2D eigenvalue weighted by molar-refractivity contribution is -0.247. The van der Waals surface area contributed by atoms with Gasteiger partial charge in [0.05, 0.1) is 19.1 Å². The predicted octanol–water partition coefficient (Wildman–Crippen LogP) is 8.33. The topological polar surface area (TPSA) is 47.9 Å². The van der Waals surface area contributed by atoms with Crippen molar-refractivity contribution in [3.63, 3.8) is 0 Å². The van der Waals surface area contributed by atoms with Crippen molar-refractivity contribution in [3.05, 3.63) is 23.3 Å². The zero-order chi connectivity index (χ0) is 26.7. The fraction of sp³-hybridized carbons (Fsp3) is 0.800. The predicted molar refractivity (Wildman–Crippen MR) is 140 cm³/mol. The highest BCUT2D eigenvalue weighted by Crippen LogP contribution is 2.45. The number of rotatable bonds is 8. The van der Waals surface area contributed by atoms with E-state index in [0.29, 0.717) is 55.9 Å². The highest BCUT2D eigenvalue weighted by Gasteiger charge is 2.46. The van der Waals surface area contributed by atoms with E-state index < -0.39 is 22.9 Å². The van der Waals surface area contributed by atoms with E-state index in [4.69, 9.17) is 14.2 Å². The molecule has 3 rings (SSSR count). The first kappa shape index (κ1) is 29.2. The Morgan fingerprint density at radius 1 is 0.889 bits per heavy atom. The SMILES string of the molecule is CCCCCC1COC(C2CCC(C(F)(F)Oc3cc(C(C)(C)C)c(O)c(C(C)(C)C)c3)CC2)OC1. The van der Waals surface area contributed by atoms with Gasteiger partial charge in [-0.3, -0.25) is 0 Å². The molecular formula is C30H48F2O4. The number of hydrogen-bond donors (Lipinski definition) is 1. The highest BCUT2D eigenvalue weighted by atomic mass is 19.3. The van der Waals surface area contributed by atoms with Gasteiger partial charge in [-0.15, -0.1) is 0 Å². The van der Waals surface area contributed by atoms with Gasteiger partial charge in [-0.1, -0.05) is 67.7 Å². The number of halogens is 2. The van der Waals surface area contributed by atoms with Gasteiger partial charge >= 0.3 is 6.11 Å². The molecule has 6 heteroatoms. The fourth-order valence-corrected chi connectivity index (χ4v) is 5.46. The van der Waals surface area contributed by atoms with Crippen LogP contribution in [-0.4, -0.2) is 30.7 Å². The van der Waals surface area contributed by atoms with E-state index in [1.807, 2.05) is 41.5 Å². The Morgan fingerprint density at radius 2 is 1.42 bits per heavy atom. The minimum absolute atomic E-state index is 0.114. The highest BCUT2D eigenvalue weighted by molar-refractivity contribution is 5.52. The van der Waals surface area contributed by atoms with Crippen LogP contribution in [0.3, 0.4) is 0 Å². The maximum Gasteiger partial charge on any atom is 0.400 e. The van der Waals surface area contributed by atoms with E-state index in [9.17, 15) is 5.11 Å². The van der Waals surface area contributed by atoms with Crippen molar-refractivity contribution in [2.24, 2.45) is 17.8 Å². The van der Waals surface area contributed by atoms with Crippen LogP contribution in [0, 0.1) is 17.8 Å². The second kappa shape index (κ2) is 11.6. The summed E-state index contributed by atoms with van der Waals surface area (Å²) in [6.07, 6.45) is 3.24. The molecule has 0 amide bonds. The van der Waals surface area contributed by atoms with Gasteiger partial charge in [0.1, 0.15) is 11.5 Å². The number of hydrogen-bond acceptors (Lipinski definition) is 4. The third-order valence-electron chi connectivity index (χ3n) is 7.79. The number of unbranched alkanes of at least 4 members (excludes halogenated alkanes) is 2. The summed E-state index contributed by atoms with van der Waals surface area (Å²) in [6.45, 7) is 15.4. The van der Waals surface area contributed by atoms with Crippen LogP contribution in [0.5, 0.6) is 11.5 Å². The zero-order valence-corrected chi connectivity index (χ0v) is 23.5. The summed E-state index contributed by atoms with van der Waals surface area (Å²) in [5.41, 5.74) is 0.408. The Morgan fingerprint density at radius 3 is 1.89 bits per heavy atom. The van der Waals surface area contributed by atoms with Gasteiger partial charge in [-0.05, 0) is 55.1 Å². The number of alkyl halides is 2. The molecule has 1 saturated heterocycles. The Hall–Kier alpha value is -1.40. The molecule has 1 aromatic rings. The smallest absolute Gasteiger partial charge is 0.400 e. The van der Waals surface area contributed by atoms with Gasteiger partial charge in [0.15, 0.2) is 6.29 Å². The molecule has 0 atom stereocenters. The van der Waals surface area contributed by atoms with Crippen LogP contribution in [0.4, 0.5) is 8.78 Å². The summed E-state index contributed by atoms with van der Waals surface area (Å²) < 4.78 is 48.2. The Labute approximate surface area is 217 Å². The molecule has 2 fully saturated rings. The van der Waals surface area contributed by atoms with Gasteiger partial charge < -0.3 is 19.3 Å². The molecule has 1 heterocycles. The molecular weight excluding hydrogens is 462 g/mol. The molecule has 4 nitrogen and oxygen atoms in total. The molecule has 0 bridgehead atoms. The normalized spacial score (nSPS) is 26.1. The zero-order valence-electron chi connectivity index (χ0n) is 23.5. The van der Waals surface area contributed by atoms with Crippen molar-refractivity contribution >= 4 is 0 Å². The molecule has 2 aliphatic rings. The van der Waals surface area contributed by atoms with E-state index in [1.165, 1.54) is 19.3 Å². The molecule has 1 aromatic carbocycles. The van der Waals surface area contributed by atoms with E-state index in [-0.39, 0.29) is 23.7 Å². The van der Waals surface area contributed by atoms with Crippen molar-refractivity contribution in [1.82, 2.24) is 0 Å². The summed E-state index contributed by atoms with van der Waals surface area (Å²) in [6, 6.07) is 3.15. The third-order valence-corrected chi connectivity index (χ3v) is 7.79. The average Bonchev–Trinajstić information content (AvgIpc) is 2.79. The largest absolute Gasteiger partial charge is 0.507 e. The van der Waals surface area contributed by atoms with Gasteiger partial charge in [-0.25, -0.2) is 0 Å². The van der Waals surface area contributed by atoms with E-state index in [2.05, 4.69) is 6.92 Å². The standard InChI is InChI=1S/C30H48F2O4/c1-8-9-10-11-20-18-34-27(35-19-20)21-12-14-22(15-13-21)30(31,32)36-23-16-24(28(2,3)4)26(33)25(17-23)29(5,6)7/h16-17,20-22,27,33H,8-15,18-19H2,1-7H3. The summed E-state index contributed by atoms with van der Waals surface area (Å²) >= 11 is 0. The number of aromatic hydroxyl groups is 1. The fourth-order valence-electron chi connectivity index (χ4n) is 5.46. The molecule has 0 aromatic heterocycles. The van der Waals surface area contributed by atoms with Crippen molar-refractivity contribution in [1.29, 1.82) is 0 Å². The van der Waals surface area contributed by atoms with Crippen LogP contribution in [0.2, 0.25) is 0 Å². The summed E-state index contributed by atoms with van der Waals surface area (Å²) in [4.78, 5) is 0. The molecule has 0 spiro atoms. The van der Waals surface area contributed by atoms with Gasteiger partial charge in [-0.2, -0.15) is 8.78 Å². The number of benzene rings is 1. The molecule has 36 heavy (non-hydrogen) atoms. The van der Waals surface area contributed by atoms with E-state index in [0.717, 1.165) is 6.42 Å². The average molecular weight is 511 g/mol. The lowest BCUT2D eigenvalue weighted by atomic mass is 9.79. The number of phenolic OH excluding ortho intramolecular Hbond substituents is 1. The van der Waals surface area contributed by atoms with E-state index >= 15 is 8.78 Å². The second-order valence-electron chi connectivity index (χ2n) is 13.0. The van der Waals surface area contributed by atoms with Crippen LogP contribution in [-0.2, 0) is 20.3 Å². The third kappa shape index (κ3) is 7.34. The number of phenols is 1. The van der Waals surface area contributed by atoms with Crippen LogP contribution in [0.25, 0.3) is 0 Å². The molecule has 0 radical (unpaired) electrons. The quantitative estimate of drug-likeness (QED) is 0.357. The molecule has 206 valence electrons. The lowest BCUT2D eigenvalue weighted by Gasteiger charge is -2.39. The van der Waals surface area contributed by atoms with Gasteiger partial charge in [0, 0.05) is 23.0 Å². The van der Waals surface area contributed by atoms with Crippen LogP contribution < -0.4 is 4.74 Å². The van der Waals surface area contributed by atoms with Crippen molar-refractivity contribution in [3.8, 4) is 11.5 Å². The van der Waals surface area contributed by atoms with Crippen LogP contribution >= 0.6 is 0 Å². The summed E-state index contributed by atoms with van der Waals surface area (Å²) in [5.74, 6) is 0.0173. The maximum atomic E-state index is 15.4. The van der Waals surface area contributed by atoms with Crippen molar-refractivity contribution in [2.75, 3.05) is 13.2 Å². The molecule has 1 N–H and O–H groups in total. The minimum atomic E-state index is -3.29. The van der Waals surface area contributed by atoms with E-state index in [1.54, 1.807) is 12.1 Å². The molecule has 1 aliphatic heterocycles.